The predicted octanol–water partition coefficient (Wildman–Crippen LogP) is 2.38. The van der Waals surface area contributed by atoms with E-state index in [9.17, 15) is 19.5 Å². The molecule has 0 saturated heterocycles. The number of hydrogen-bond acceptors (Lipinski definition) is 6. The molecule has 196 valence electrons. The number of ether oxygens (including phenoxy) is 1. The van der Waals surface area contributed by atoms with Crippen molar-refractivity contribution in [2.24, 2.45) is 0 Å². The molecule has 1 aliphatic carbocycles. The lowest BCUT2D eigenvalue weighted by Crippen LogP contribution is -2.48. The molecule has 0 bridgehead atoms. The molecule has 1 aromatic carbocycles. The van der Waals surface area contributed by atoms with Crippen LogP contribution in [0.25, 0.3) is 11.0 Å². The summed E-state index contributed by atoms with van der Waals surface area (Å²) < 4.78 is 8.53. The first-order chi connectivity index (χ1) is 17.8. The number of fused-ring (bicyclic) bond motifs is 3. The van der Waals surface area contributed by atoms with Crippen LogP contribution >= 0.6 is 0 Å². The lowest BCUT2D eigenvalue weighted by Gasteiger charge is -2.36. The van der Waals surface area contributed by atoms with E-state index >= 15 is 0 Å². The molecule has 1 saturated carbocycles. The largest absolute Gasteiger partial charge is 0.452 e. The first-order valence-corrected chi connectivity index (χ1v) is 12.8. The van der Waals surface area contributed by atoms with Crippen molar-refractivity contribution >= 4 is 28.7 Å². The van der Waals surface area contributed by atoms with E-state index < -0.39 is 11.7 Å². The molecule has 3 aromatic rings. The summed E-state index contributed by atoms with van der Waals surface area (Å²) in [6.45, 7) is 2.68. The van der Waals surface area contributed by atoms with Gasteiger partial charge >= 0.3 is 6.09 Å². The van der Waals surface area contributed by atoms with Gasteiger partial charge in [-0.3, -0.25) is 14.5 Å². The van der Waals surface area contributed by atoms with Gasteiger partial charge in [0.25, 0.3) is 5.56 Å². The molecule has 5 rings (SSSR count). The maximum absolute atomic E-state index is 12.9. The van der Waals surface area contributed by atoms with Gasteiger partial charge in [-0.25, -0.2) is 9.78 Å². The minimum absolute atomic E-state index is 0.00741. The van der Waals surface area contributed by atoms with Crippen LogP contribution < -0.4 is 15.8 Å². The number of nitrogens with zero attached hydrogens (tertiary/aromatic N) is 4. The summed E-state index contributed by atoms with van der Waals surface area (Å²) in [5.74, 6) is 0.472. The van der Waals surface area contributed by atoms with Crippen molar-refractivity contribution in [3.63, 3.8) is 0 Å². The van der Waals surface area contributed by atoms with Gasteiger partial charge in [0, 0.05) is 43.4 Å². The number of aliphatic hydroxyl groups is 1. The second-order valence-corrected chi connectivity index (χ2v) is 10.1. The second-order valence-electron chi connectivity index (χ2n) is 10.1. The van der Waals surface area contributed by atoms with E-state index in [1.54, 1.807) is 21.7 Å². The summed E-state index contributed by atoms with van der Waals surface area (Å²) in [5, 5.41) is 13.3. The van der Waals surface area contributed by atoms with Crippen molar-refractivity contribution in [1.82, 2.24) is 19.4 Å². The number of rotatable bonds is 7. The van der Waals surface area contributed by atoms with E-state index in [0.29, 0.717) is 31.6 Å². The van der Waals surface area contributed by atoms with Crippen molar-refractivity contribution in [3.05, 3.63) is 58.3 Å². The van der Waals surface area contributed by atoms with Gasteiger partial charge in [-0.1, -0.05) is 6.07 Å². The lowest BCUT2D eigenvalue weighted by molar-refractivity contribution is -0.124. The van der Waals surface area contributed by atoms with Crippen LogP contribution in [0.2, 0.25) is 0 Å². The van der Waals surface area contributed by atoms with Gasteiger partial charge in [0.1, 0.15) is 12.4 Å². The number of aromatic nitrogens is 3. The number of nitrogens with one attached hydrogen (secondary N) is 1. The van der Waals surface area contributed by atoms with Gasteiger partial charge < -0.3 is 24.3 Å². The molecule has 2 N–H and O–H groups in total. The van der Waals surface area contributed by atoms with Crippen molar-refractivity contribution in [3.8, 4) is 0 Å². The van der Waals surface area contributed by atoms with Crippen LogP contribution in [0.1, 0.15) is 44.0 Å². The summed E-state index contributed by atoms with van der Waals surface area (Å²) in [5.41, 5.74) is 2.35. The van der Waals surface area contributed by atoms with Crippen LogP contribution in [0.5, 0.6) is 0 Å². The Labute approximate surface area is 214 Å². The van der Waals surface area contributed by atoms with E-state index in [4.69, 9.17) is 9.72 Å². The van der Waals surface area contributed by atoms with Gasteiger partial charge in [-0.2, -0.15) is 0 Å². The Kier molecular flexibility index (Phi) is 6.76. The molecular formula is C27H33N5O5. The average Bonchev–Trinajstić information content (AvgIpc) is 3.22. The standard InChI is InChI=1S/C27H33N5O5/c1-18-7-8-19-20(32(18)26(35)37-2)9-10-21-25(19)29-22(11-15-30-14-4-3-6-24(30)34)31(21)16-23(33)28-17-27(36)12-5-13-27/h3-4,6,9-10,14,18,36H,5,7-8,11-13,15-17H2,1-2H3,(H,28,33)/t18-/m0/s1. The van der Waals surface area contributed by atoms with E-state index in [1.165, 1.54) is 13.2 Å². The van der Waals surface area contributed by atoms with Crippen LogP contribution in [0.3, 0.4) is 0 Å². The highest BCUT2D eigenvalue weighted by atomic mass is 16.5. The molecule has 0 radical (unpaired) electrons. The van der Waals surface area contributed by atoms with Crippen LogP contribution in [-0.2, 0) is 35.5 Å². The quantitative estimate of drug-likeness (QED) is 0.507. The average molecular weight is 508 g/mol. The summed E-state index contributed by atoms with van der Waals surface area (Å²) in [4.78, 5) is 44.3. The molecule has 3 heterocycles. The molecular weight excluding hydrogens is 474 g/mol. The minimum atomic E-state index is -0.808. The molecule has 10 heteroatoms. The highest BCUT2D eigenvalue weighted by molar-refractivity contribution is 5.95. The summed E-state index contributed by atoms with van der Waals surface area (Å²) in [6, 6.07) is 8.80. The van der Waals surface area contributed by atoms with Crippen LogP contribution in [0, 0.1) is 0 Å². The Hall–Kier alpha value is -3.66. The molecule has 0 spiro atoms. The van der Waals surface area contributed by atoms with E-state index in [2.05, 4.69) is 5.32 Å². The molecule has 1 atom stereocenters. The highest BCUT2D eigenvalue weighted by Crippen LogP contribution is 2.36. The van der Waals surface area contributed by atoms with E-state index in [0.717, 1.165) is 41.5 Å². The zero-order chi connectivity index (χ0) is 26.2. The number of carbonyl (C=O) groups is 2. The normalized spacial score (nSPS) is 18.2. The second kappa shape index (κ2) is 10.0. The highest BCUT2D eigenvalue weighted by Gasteiger charge is 2.35. The maximum atomic E-state index is 12.9. The van der Waals surface area contributed by atoms with E-state index in [-0.39, 0.29) is 30.6 Å². The zero-order valence-electron chi connectivity index (χ0n) is 21.3. The fraction of sp³-hybridized carbons (Fsp3) is 0.481. The Morgan fingerprint density at radius 3 is 2.76 bits per heavy atom. The fourth-order valence-corrected chi connectivity index (χ4v) is 5.31. The van der Waals surface area contributed by atoms with Crippen LogP contribution in [-0.4, -0.2) is 56.5 Å². The van der Waals surface area contributed by atoms with Crippen LogP contribution in [0.4, 0.5) is 10.5 Å². The van der Waals surface area contributed by atoms with Gasteiger partial charge in [0.2, 0.25) is 5.91 Å². The molecule has 1 aliphatic heterocycles. The molecule has 2 aromatic heterocycles. The molecule has 37 heavy (non-hydrogen) atoms. The smallest absolute Gasteiger partial charge is 0.414 e. The first kappa shape index (κ1) is 25.0. The number of pyridine rings is 1. The van der Waals surface area contributed by atoms with Crippen molar-refractivity contribution < 1.29 is 19.4 Å². The van der Waals surface area contributed by atoms with Crippen molar-refractivity contribution in [2.45, 2.75) is 70.2 Å². The van der Waals surface area contributed by atoms with Gasteiger partial charge in [0.15, 0.2) is 0 Å². The minimum Gasteiger partial charge on any atom is -0.452 e. The number of benzene rings is 1. The Morgan fingerprint density at radius 1 is 1.24 bits per heavy atom. The molecule has 0 unspecified atom stereocenters. The Bertz CT molecular complexity index is 1390. The Morgan fingerprint density at radius 2 is 2.05 bits per heavy atom. The lowest BCUT2D eigenvalue weighted by atomic mass is 9.80. The number of methoxy groups -OCH3 is 1. The third-order valence-corrected chi connectivity index (χ3v) is 7.64. The van der Waals surface area contributed by atoms with Crippen LogP contribution in [0.15, 0.2) is 41.3 Å². The molecule has 2 amide bonds. The number of carbonyl (C=O) groups excluding carboxylic acids is 2. The monoisotopic (exact) mass is 507 g/mol. The third-order valence-electron chi connectivity index (χ3n) is 7.64. The first-order valence-electron chi connectivity index (χ1n) is 12.8. The molecule has 2 aliphatic rings. The number of imidazole rings is 1. The maximum Gasteiger partial charge on any atom is 0.414 e. The topological polar surface area (TPSA) is 119 Å². The molecule has 1 fully saturated rings. The number of anilines is 1. The van der Waals surface area contributed by atoms with Gasteiger partial charge in [-0.15, -0.1) is 0 Å². The van der Waals surface area contributed by atoms with Gasteiger partial charge in [-0.05, 0) is 57.2 Å². The summed E-state index contributed by atoms with van der Waals surface area (Å²) in [7, 11) is 1.37. The predicted molar refractivity (Wildman–Crippen MR) is 139 cm³/mol. The number of aryl methyl sites for hydroxylation is 3. The SMILES string of the molecule is COC(=O)N1c2ccc3c(nc(CCn4ccccc4=O)n3CC(=O)NCC3(O)CCC3)c2CC[C@@H]1C. The zero-order valence-corrected chi connectivity index (χ0v) is 21.3. The number of hydrogen-bond donors (Lipinski definition) is 2. The van der Waals surface area contributed by atoms with Crippen molar-refractivity contribution in [2.75, 3.05) is 18.6 Å². The third kappa shape index (κ3) is 4.85. The van der Waals surface area contributed by atoms with Crippen molar-refractivity contribution in [1.29, 1.82) is 0 Å². The Balaban J connectivity index is 1.50. The summed E-state index contributed by atoms with van der Waals surface area (Å²) in [6.07, 6.45) is 5.63. The van der Waals surface area contributed by atoms with E-state index in [1.807, 2.05) is 29.7 Å². The van der Waals surface area contributed by atoms with Gasteiger partial charge in [0.05, 0.1) is 29.4 Å². The molecule has 10 nitrogen and oxygen atoms in total. The fourth-order valence-electron chi connectivity index (χ4n) is 5.31. The summed E-state index contributed by atoms with van der Waals surface area (Å²) >= 11 is 0. The number of amides is 2.